The van der Waals surface area contributed by atoms with E-state index in [0.717, 1.165) is 22.3 Å². The van der Waals surface area contributed by atoms with Crippen LogP contribution in [0.4, 0.5) is 0 Å². The van der Waals surface area contributed by atoms with Crippen LogP contribution >= 0.6 is 0 Å². The second-order valence-electron chi connectivity index (χ2n) is 19.3. The molecule has 0 radical (unpaired) electrons. The molecule has 2 fully saturated rings. The molecule has 13 nitrogen and oxygen atoms in total. The Bertz CT molecular complexity index is 2430. The summed E-state index contributed by atoms with van der Waals surface area (Å²) < 4.78 is 46.9. The van der Waals surface area contributed by atoms with E-state index in [0.29, 0.717) is 25.8 Å². The number of rotatable bonds is 19. The molecule has 2 aliphatic rings. The molecule has 6 atom stereocenters. The van der Waals surface area contributed by atoms with Gasteiger partial charge in [-0.05, 0) is 86.0 Å². The first-order valence-corrected chi connectivity index (χ1v) is 28.0. The fourth-order valence-electron chi connectivity index (χ4n) is 8.04. The van der Waals surface area contributed by atoms with Gasteiger partial charge in [0.2, 0.25) is 23.6 Å². The molecule has 2 heterocycles. The predicted octanol–water partition coefficient (Wildman–Crippen LogP) is 7.35. The van der Waals surface area contributed by atoms with Gasteiger partial charge in [-0.25, -0.2) is 0 Å². The molecule has 6 rings (SSSR count). The molecule has 2 aliphatic heterocycles. The van der Waals surface area contributed by atoms with Gasteiger partial charge in [0.25, 0.3) is 10.1 Å². The zero-order chi connectivity index (χ0) is 48.9. The highest BCUT2D eigenvalue weighted by Crippen LogP contribution is 2.37. The van der Waals surface area contributed by atoms with Gasteiger partial charge in [-0.3, -0.25) is 23.4 Å². The van der Waals surface area contributed by atoms with Crippen molar-refractivity contribution >= 4 is 42.1 Å². The third-order valence-electron chi connectivity index (χ3n) is 13.1. The molecule has 15 heteroatoms. The number of nitrogens with zero attached hydrogens (tertiary/aromatic N) is 1. The number of allylic oxidation sites excluding steroid dienone is 1. The molecular weight excluding hydrogens is 897 g/mol. The van der Waals surface area contributed by atoms with Crippen LogP contribution in [0, 0.1) is 6.92 Å². The average molecular weight is 965 g/mol. The van der Waals surface area contributed by atoms with E-state index in [4.69, 9.17) is 13.3 Å². The van der Waals surface area contributed by atoms with Gasteiger partial charge in [0.15, 0.2) is 8.32 Å². The quantitative estimate of drug-likeness (QED) is 0.0495. The molecule has 0 spiro atoms. The summed E-state index contributed by atoms with van der Waals surface area (Å²) in [5.41, 5.74) is 3.45. The minimum absolute atomic E-state index is 0.0238. The van der Waals surface area contributed by atoms with Crippen molar-refractivity contribution in [1.82, 2.24) is 20.9 Å². The first-order valence-electron chi connectivity index (χ1n) is 23.6. The zero-order valence-corrected chi connectivity index (χ0v) is 42.0. The Morgan fingerprint density at radius 2 is 1.25 bits per heavy atom. The van der Waals surface area contributed by atoms with E-state index >= 15 is 0 Å². The van der Waals surface area contributed by atoms with Gasteiger partial charge in [-0.2, -0.15) is 8.42 Å². The van der Waals surface area contributed by atoms with Crippen molar-refractivity contribution in [2.24, 2.45) is 0 Å². The number of aryl methyl sites for hydroxylation is 1. The van der Waals surface area contributed by atoms with Gasteiger partial charge in [0, 0.05) is 19.4 Å². The number of carbonyl (C=O) groups excluding carboxylic acids is 4. The van der Waals surface area contributed by atoms with Crippen molar-refractivity contribution in [3.63, 3.8) is 0 Å². The Hall–Kier alpha value is -5.45. The maximum absolute atomic E-state index is 14.3. The van der Waals surface area contributed by atoms with Crippen LogP contribution in [0.25, 0.3) is 0 Å². The number of nitrogens with one attached hydrogen (secondary N) is 3. The Morgan fingerprint density at radius 3 is 1.85 bits per heavy atom. The van der Waals surface area contributed by atoms with E-state index in [-0.39, 0.29) is 54.7 Å². The van der Waals surface area contributed by atoms with E-state index < -0.39 is 72.5 Å². The van der Waals surface area contributed by atoms with Crippen LogP contribution in [0.15, 0.2) is 132 Å². The van der Waals surface area contributed by atoms with Gasteiger partial charge >= 0.3 is 0 Å². The maximum Gasteiger partial charge on any atom is 0.297 e. The van der Waals surface area contributed by atoms with Gasteiger partial charge < -0.3 is 30.0 Å². The summed E-state index contributed by atoms with van der Waals surface area (Å²) in [6.07, 6.45) is 4.01. The van der Waals surface area contributed by atoms with Crippen LogP contribution < -0.4 is 16.0 Å². The Labute approximate surface area is 403 Å². The summed E-state index contributed by atoms with van der Waals surface area (Å²) in [6, 6.07) is 30.9. The highest BCUT2D eigenvalue weighted by Gasteiger charge is 2.42. The van der Waals surface area contributed by atoms with Crippen molar-refractivity contribution in [2.75, 3.05) is 13.2 Å². The average Bonchev–Trinajstić information content (AvgIpc) is 3.81. The van der Waals surface area contributed by atoms with Crippen LogP contribution in [0.5, 0.6) is 0 Å². The van der Waals surface area contributed by atoms with Crippen LogP contribution in [0.2, 0.25) is 18.1 Å². The summed E-state index contributed by atoms with van der Waals surface area (Å²) in [7, 11) is -6.64. The summed E-state index contributed by atoms with van der Waals surface area (Å²) in [5.74, 6) is -1.81. The van der Waals surface area contributed by atoms with Gasteiger partial charge in [-0.15, -0.1) is 0 Å². The molecule has 0 unspecified atom stereocenters. The van der Waals surface area contributed by atoms with Crippen LogP contribution in [-0.4, -0.2) is 94.8 Å². The number of ether oxygens (including phenoxy) is 1. The minimum Gasteiger partial charge on any atom is -0.414 e. The van der Waals surface area contributed by atoms with Gasteiger partial charge in [-0.1, -0.05) is 142 Å². The molecule has 0 bridgehead atoms. The molecule has 0 aliphatic carbocycles. The van der Waals surface area contributed by atoms with Crippen molar-refractivity contribution in [3.8, 4) is 0 Å². The van der Waals surface area contributed by atoms with E-state index in [2.05, 4.69) is 49.8 Å². The number of benzene rings is 4. The lowest BCUT2D eigenvalue weighted by Crippen LogP contribution is -2.61. The molecule has 2 saturated heterocycles. The first kappa shape index (κ1) is 51.9. The molecule has 0 saturated carbocycles. The molecule has 4 amide bonds. The van der Waals surface area contributed by atoms with E-state index in [1.54, 1.807) is 12.1 Å². The van der Waals surface area contributed by atoms with Crippen LogP contribution in [0.1, 0.15) is 75.1 Å². The van der Waals surface area contributed by atoms with E-state index in [1.807, 2.05) is 110 Å². The first-order chi connectivity index (χ1) is 32.4. The molecular formula is C53H68N4O9SSi. The Morgan fingerprint density at radius 1 is 0.706 bits per heavy atom. The normalized spacial score (nSPS) is 20.7. The smallest absolute Gasteiger partial charge is 0.297 e. The predicted molar refractivity (Wildman–Crippen MR) is 265 cm³/mol. The second kappa shape index (κ2) is 23.7. The monoisotopic (exact) mass is 964 g/mol. The molecule has 4 aromatic rings. The summed E-state index contributed by atoms with van der Waals surface area (Å²) >= 11 is 0. The zero-order valence-electron chi connectivity index (χ0n) is 40.2. The SMILES string of the molecule is Cc1ccc(S(=O)(=O)O[C@H](CO[Si](C)(C)C(C)(C)C)[C@H](CC=CCC[C@@H]2NC(=O)[C@H]3CCCN3C(=O)[C@H](Cc3ccccc3)NC(=O)[C@H](Cc3ccccc3)NC2=O)OCc2ccccc2)cc1. The Balaban J connectivity index is 1.24. The largest absolute Gasteiger partial charge is 0.414 e. The van der Waals surface area contributed by atoms with Crippen molar-refractivity contribution in [2.45, 2.75) is 139 Å². The minimum atomic E-state index is -4.25. The maximum atomic E-state index is 14.3. The van der Waals surface area contributed by atoms with Crippen LogP contribution in [-0.2, 0) is 62.1 Å². The van der Waals surface area contributed by atoms with Crippen molar-refractivity contribution in [3.05, 3.63) is 150 Å². The molecule has 0 aromatic heterocycles. The lowest BCUT2D eigenvalue weighted by molar-refractivity contribution is -0.143. The topological polar surface area (TPSA) is 169 Å². The van der Waals surface area contributed by atoms with Gasteiger partial charge in [0.05, 0.1) is 24.2 Å². The lowest BCUT2D eigenvalue weighted by Gasteiger charge is -2.38. The Kier molecular flexibility index (Phi) is 18.1. The number of hydrogen-bond acceptors (Lipinski definition) is 9. The fourth-order valence-corrected chi connectivity index (χ4v) is 10.1. The fraction of sp³-hybridized carbons (Fsp3) is 0.434. The third kappa shape index (κ3) is 14.5. The number of amides is 4. The number of fused-ring (bicyclic) bond motifs is 1. The molecule has 3 N–H and O–H groups in total. The van der Waals surface area contributed by atoms with Crippen molar-refractivity contribution in [1.29, 1.82) is 0 Å². The van der Waals surface area contributed by atoms with E-state index in [1.165, 1.54) is 17.0 Å². The van der Waals surface area contributed by atoms with Gasteiger partial charge in [0.1, 0.15) is 30.3 Å². The summed E-state index contributed by atoms with van der Waals surface area (Å²) in [6.45, 7) is 12.9. The van der Waals surface area contributed by atoms with E-state index in [9.17, 15) is 27.6 Å². The summed E-state index contributed by atoms with van der Waals surface area (Å²) in [4.78, 5) is 58.5. The number of carbonyl (C=O) groups is 4. The standard InChI is InChI=1S/C53H68N4O9SSi/c1-38-29-31-42(32-30-38)67(62,63)66-48(37-65-68(5,6)53(2,3)4)47(64-36-41-24-15-9-16-25-41)28-18-10-17-26-43-49(58)55-44(34-39-20-11-7-12-21-39)50(59)56-45(35-40-22-13-8-14-23-40)52(61)57-33-19-27-46(57)51(60)54-43/h7-16,18,20-25,29-32,43-48H,17,19,26-28,33-37H2,1-6H3,(H,54,60)(H,55,58)(H,56,59)/t43-,44-,45-,46+,47-,48+/m0/s1. The third-order valence-corrected chi connectivity index (χ3v) is 19.0. The molecule has 4 aromatic carbocycles. The number of hydrogen-bond donors (Lipinski definition) is 3. The highest BCUT2D eigenvalue weighted by molar-refractivity contribution is 7.86. The van der Waals surface area contributed by atoms with Crippen molar-refractivity contribution < 1.29 is 40.9 Å². The molecule has 68 heavy (non-hydrogen) atoms. The second-order valence-corrected chi connectivity index (χ2v) is 25.7. The lowest BCUT2D eigenvalue weighted by atomic mass is 10.0. The summed E-state index contributed by atoms with van der Waals surface area (Å²) in [5, 5.41) is 8.68. The van der Waals surface area contributed by atoms with Crippen LogP contribution in [0.3, 0.4) is 0 Å². The highest BCUT2D eigenvalue weighted by atomic mass is 32.2. The molecule has 364 valence electrons.